The molecule has 2 rings (SSSR count). The molecule has 0 aromatic rings. The molecule has 2 fully saturated rings. The summed E-state index contributed by atoms with van der Waals surface area (Å²) in [7, 11) is 0. The SMILES string of the molecule is CCC1CCC(C2CCC(C)C(O)C2)CC1. The zero-order valence-corrected chi connectivity index (χ0v) is 11.0. The van der Waals surface area contributed by atoms with Gasteiger partial charge < -0.3 is 5.11 Å². The maximum atomic E-state index is 9.98. The van der Waals surface area contributed by atoms with Gasteiger partial charge in [0.1, 0.15) is 0 Å². The van der Waals surface area contributed by atoms with E-state index in [0.29, 0.717) is 5.92 Å². The third kappa shape index (κ3) is 2.80. The van der Waals surface area contributed by atoms with E-state index in [2.05, 4.69) is 13.8 Å². The zero-order chi connectivity index (χ0) is 11.5. The molecule has 0 spiro atoms. The van der Waals surface area contributed by atoms with Gasteiger partial charge in [-0.3, -0.25) is 0 Å². The molecule has 2 saturated carbocycles. The summed E-state index contributed by atoms with van der Waals surface area (Å²) < 4.78 is 0. The van der Waals surface area contributed by atoms with Crippen LogP contribution in [0.15, 0.2) is 0 Å². The van der Waals surface area contributed by atoms with Crippen molar-refractivity contribution in [3.05, 3.63) is 0 Å². The molecule has 0 bridgehead atoms. The summed E-state index contributed by atoms with van der Waals surface area (Å²) in [5, 5.41) is 9.98. The van der Waals surface area contributed by atoms with Crippen LogP contribution >= 0.6 is 0 Å². The third-order valence-electron chi connectivity index (χ3n) is 5.33. The summed E-state index contributed by atoms with van der Waals surface area (Å²) in [5.41, 5.74) is 0. The molecule has 0 amide bonds. The standard InChI is InChI=1S/C15H28O/c1-3-12-5-8-13(9-6-12)14-7-4-11(2)15(16)10-14/h11-16H,3-10H2,1-2H3. The second-order valence-electron chi connectivity index (χ2n) is 6.31. The van der Waals surface area contributed by atoms with Crippen molar-refractivity contribution in [2.24, 2.45) is 23.7 Å². The summed E-state index contributed by atoms with van der Waals surface area (Å²) in [6, 6.07) is 0. The summed E-state index contributed by atoms with van der Waals surface area (Å²) in [6.45, 7) is 4.53. The summed E-state index contributed by atoms with van der Waals surface area (Å²) >= 11 is 0. The molecule has 0 aromatic heterocycles. The van der Waals surface area contributed by atoms with Crippen molar-refractivity contribution >= 4 is 0 Å². The van der Waals surface area contributed by atoms with E-state index in [1.54, 1.807) is 0 Å². The van der Waals surface area contributed by atoms with Crippen molar-refractivity contribution in [3.63, 3.8) is 0 Å². The van der Waals surface area contributed by atoms with Crippen molar-refractivity contribution in [2.75, 3.05) is 0 Å². The first kappa shape index (κ1) is 12.4. The van der Waals surface area contributed by atoms with Gasteiger partial charge in [-0.25, -0.2) is 0 Å². The van der Waals surface area contributed by atoms with E-state index in [-0.39, 0.29) is 6.10 Å². The fraction of sp³-hybridized carbons (Fsp3) is 1.00. The van der Waals surface area contributed by atoms with Crippen molar-refractivity contribution < 1.29 is 5.11 Å². The number of hydrogen-bond acceptors (Lipinski definition) is 1. The Balaban J connectivity index is 1.81. The fourth-order valence-corrected chi connectivity index (χ4v) is 3.83. The summed E-state index contributed by atoms with van der Waals surface area (Å²) in [6.07, 6.45) is 10.8. The van der Waals surface area contributed by atoms with Gasteiger partial charge in [0.05, 0.1) is 6.10 Å². The van der Waals surface area contributed by atoms with Gasteiger partial charge in [-0.1, -0.05) is 33.1 Å². The number of hydrogen-bond donors (Lipinski definition) is 1. The lowest BCUT2D eigenvalue weighted by Gasteiger charge is -2.39. The van der Waals surface area contributed by atoms with Crippen LogP contribution in [0.25, 0.3) is 0 Å². The molecule has 0 aliphatic heterocycles. The van der Waals surface area contributed by atoms with Crippen molar-refractivity contribution in [3.8, 4) is 0 Å². The fourth-order valence-electron chi connectivity index (χ4n) is 3.83. The van der Waals surface area contributed by atoms with Crippen LogP contribution in [0.2, 0.25) is 0 Å². The van der Waals surface area contributed by atoms with Crippen LogP contribution in [0.5, 0.6) is 0 Å². The molecule has 3 atom stereocenters. The van der Waals surface area contributed by atoms with Crippen LogP contribution in [0.3, 0.4) is 0 Å². The van der Waals surface area contributed by atoms with E-state index in [1.807, 2.05) is 0 Å². The number of aliphatic hydroxyl groups excluding tert-OH is 1. The van der Waals surface area contributed by atoms with Crippen molar-refractivity contribution in [1.29, 1.82) is 0 Å². The van der Waals surface area contributed by atoms with E-state index in [4.69, 9.17) is 0 Å². The van der Waals surface area contributed by atoms with E-state index < -0.39 is 0 Å². The Morgan fingerprint density at radius 3 is 2.12 bits per heavy atom. The van der Waals surface area contributed by atoms with Gasteiger partial charge >= 0.3 is 0 Å². The Labute approximate surface area is 101 Å². The number of aliphatic hydroxyl groups is 1. The van der Waals surface area contributed by atoms with Gasteiger partial charge in [0.2, 0.25) is 0 Å². The molecule has 3 unspecified atom stereocenters. The Hall–Kier alpha value is -0.0400. The van der Waals surface area contributed by atoms with Gasteiger partial charge in [0.15, 0.2) is 0 Å². The second kappa shape index (κ2) is 5.53. The minimum Gasteiger partial charge on any atom is -0.393 e. The lowest BCUT2D eigenvalue weighted by atomic mass is 9.68. The average Bonchev–Trinajstić information content (AvgIpc) is 2.33. The second-order valence-corrected chi connectivity index (χ2v) is 6.31. The predicted octanol–water partition coefficient (Wildman–Crippen LogP) is 4.00. The minimum absolute atomic E-state index is 0.0114. The van der Waals surface area contributed by atoms with Crippen LogP contribution in [0, 0.1) is 23.7 Å². The Bertz CT molecular complexity index is 205. The summed E-state index contributed by atoms with van der Waals surface area (Å²) in [5.74, 6) is 3.32. The largest absolute Gasteiger partial charge is 0.393 e. The molecule has 16 heavy (non-hydrogen) atoms. The molecule has 1 N–H and O–H groups in total. The van der Waals surface area contributed by atoms with Crippen LogP contribution in [-0.2, 0) is 0 Å². The average molecular weight is 224 g/mol. The first-order chi connectivity index (χ1) is 7.70. The van der Waals surface area contributed by atoms with Gasteiger partial charge in [0, 0.05) is 0 Å². The highest BCUT2D eigenvalue weighted by atomic mass is 16.3. The third-order valence-corrected chi connectivity index (χ3v) is 5.33. The molecule has 1 nitrogen and oxygen atoms in total. The minimum atomic E-state index is -0.0114. The first-order valence-electron chi connectivity index (χ1n) is 7.38. The Morgan fingerprint density at radius 1 is 0.938 bits per heavy atom. The molecule has 0 heterocycles. The lowest BCUT2D eigenvalue weighted by molar-refractivity contribution is 0.0265. The van der Waals surface area contributed by atoms with Gasteiger partial charge in [-0.2, -0.15) is 0 Å². The lowest BCUT2D eigenvalue weighted by Crippen LogP contribution is -2.32. The smallest absolute Gasteiger partial charge is 0.0568 e. The van der Waals surface area contributed by atoms with Crippen LogP contribution in [-0.4, -0.2) is 11.2 Å². The molecule has 0 saturated heterocycles. The molecular formula is C15H28O. The number of rotatable bonds is 2. The molecule has 94 valence electrons. The zero-order valence-electron chi connectivity index (χ0n) is 11.0. The topological polar surface area (TPSA) is 20.2 Å². The van der Waals surface area contributed by atoms with Crippen LogP contribution < -0.4 is 0 Å². The Kier molecular flexibility index (Phi) is 4.29. The predicted molar refractivity (Wildman–Crippen MR) is 68.3 cm³/mol. The normalized spacial score (nSPS) is 45.6. The van der Waals surface area contributed by atoms with Gasteiger partial charge in [0.25, 0.3) is 0 Å². The van der Waals surface area contributed by atoms with E-state index in [0.717, 1.165) is 24.2 Å². The maximum absolute atomic E-state index is 9.98. The van der Waals surface area contributed by atoms with E-state index >= 15 is 0 Å². The van der Waals surface area contributed by atoms with E-state index in [9.17, 15) is 5.11 Å². The van der Waals surface area contributed by atoms with E-state index in [1.165, 1.54) is 44.9 Å². The molecule has 1 heteroatoms. The van der Waals surface area contributed by atoms with Crippen LogP contribution in [0.1, 0.15) is 65.2 Å². The maximum Gasteiger partial charge on any atom is 0.0568 e. The molecule has 2 aliphatic carbocycles. The van der Waals surface area contributed by atoms with Crippen LogP contribution in [0.4, 0.5) is 0 Å². The highest BCUT2D eigenvalue weighted by Gasteiger charge is 2.33. The highest BCUT2D eigenvalue weighted by Crippen LogP contribution is 2.41. The van der Waals surface area contributed by atoms with Gasteiger partial charge in [-0.15, -0.1) is 0 Å². The van der Waals surface area contributed by atoms with Crippen molar-refractivity contribution in [2.45, 2.75) is 71.3 Å². The monoisotopic (exact) mass is 224 g/mol. The summed E-state index contributed by atoms with van der Waals surface area (Å²) in [4.78, 5) is 0. The highest BCUT2D eigenvalue weighted by molar-refractivity contribution is 4.84. The quantitative estimate of drug-likeness (QED) is 0.751. The van der Waals surface area contributed by atoms with Gasteiger partial charge in [-0.05, 0) is 55.8 Å². The molecule has 2 aliphatic rings. The molecule has 0 aromatic carbocycles. The Morgan fingerprint density at radius 2 is 1.56 bits per heavy atom. The van der Waals surface area contributed by atoms with Crippen molar-refractivity contribution in [1.82, 2.24) is 0 Å². The molecular weight excluding hydrogens is 196 g/mol. The molecule has 0 radical (unpaired) electrons. The first-order valence-corrected chi connectivity index (χ1v) is 7.38.